The molecule has 1 atom stereocenters. The summed E-state index contributed by atoms with van der Waals surface area (Å²) in [5.41, 5.74) is 3.12. The summed E-state index contributed by atoms with van der Waals surface area (Å²) in [5, 5.41) is 5.61. The smallest absolute Gasteiger partial charge is 0.408 e. The first kappa shape index (κ1) is 22.1. The maximum Gasteiger partial charge on any atom is 0.408 e. The molecule has 3 aromatic rings. The zero-order chi connectivity index (χ0) is 22.3. The summed E-state index contributed by atoms with van der Waals surface area (Å²) in [6.07, 6.45) is -0.267. The lowest BCUT2D eigenvalue weighted by atomic mass is 10.0. The number of hydrogen-bond acceptors (Lipinski definition) is 3. The van der Waals surface area contributed by atoms with Gasteiger partial charge in [0.05, 0.1) is 0 Å². The van der Waals surface area contributed by atoms with Crippen molar-refractivity contribution in [3.05, 3.63) is 90.5 Å². The van der Waals surface area contributed by atoms with Crippen LogP contribution in [0, 0.1) is 0 Å². The fourth-order valence-corrected chi connectivity index (χ4v) is 3.11. The molecule has 0 fully saturated rings. The van der Waals surface area contributed by atoms with Crippen LogP contribution in [-0.4, -0.2) is 23.6 Å². The second kappa shape index (κ2) is 9.94. The molecule has 3 rings (SSSR count). The van der Waals surface area contributed by atoms with Crippen molar-refractivity contribution in [1.29, 1.82) is 0 Å². The number of carbonyl (C=O) groups is 2. The van der Waals surface area contributed by atoms with Gasteiger partial charge in [0.15, 0.2) is 0 Å². The van der Waals surface area contributed by atoms with Crippen LogP contribution in [0.25, 0.3) is 11.1 Å². The van der Waals surface area contributed by atoms with E-state index in [0.717, 1.165) is 16.7 Å². The summed E-state index contributed by atoms with van der Waals surface area (Å²) in [4.78, 5) is 25.3. The molecule has 5 nitrogen and oxygen atoms in total. The second-order valence-electron chi connectivity index (χ2n) is 8.32. The van der Waals surface area contributed by atoms with Gasteiger partial charge in [-0.25, -0.2) is 4.79 Å². The summed E-state index contributed by atoms with van der Waals surface area (Å²) >= 11 is 0. The van der Waals surface area contributed by atoms with Crippen molar-refractivity contribution in [1.82, 2.24) is 5.32 Å². The highest BCUT2D eigenvalue weighted by Gasteiger charge is 2.25. The van der Waals surface area contributed by atoms with E-state index in [4.69, 9.17) is 4.74 Å². The first-order valence-corrected chi connectivity index (χ1v) is 10.3. The van der Waals surface area contributed by atoms with Gasteiger partial charge in [0, 0.05) is 12.1 Å². The lowest BCUT2D eigenvalue weighted by Gasteiger charge is -2.23. The molecule has 0 aliphatic heterocycles. The summed E-state index contributed by atoms with van der Waals surface area (Å²) in [6, 6.07) is 26.4. The number of hydrogen-bond donors (Lipinski definition) is 2. The molecular weight excluding hydrogens is 388 g/mol. The Balaban J connectivity index is 1.71. The Bertz CT molecular complexity index is 994. The standard InChI is InChI=1S/C26H28N2O3/c1-26(2,3)31-25(30)28-23(18-19-10-6-4-7-11-19)24(29)27-22-16-14-21(15-17-22)20-12-8-5-9-13-20/h4-17,23H,18H2,1-3H3,(H,27,29)(H,28,30)/t23-/m0/s1. The highest BCUT2D eigenvalue weighted by Crippen LogP contribution is 2.21. The quantitative estimate of drug-likeness (QED) is 0.563. The molecule has 0 spiro atoms. The molecule has 0 saturated heterocycles. The minimum atomic E-state index is -0.772. The Hall–Kier alpha value is -3.60. The Morgan fingerprint density at radius 3 is 1.94 bits per heavy atom. The largest absolute Gasteiger partial charge is 0.444 e. The van der Waals surface area contributed by atoms with Gasteiger partial charge in [0.2, 0.25) is 5.91 Å². The van der Waals surface area contributed by atoms with Crippen molar-refractivity contribution >= 4 is 17.7 Å². The molecule has 0 bridgehead atoms. The maximum atomic E-state index is 13.0. The van der Waals surface area contributed by atoms with E-state index >= 15 is 0 Å². The van der Waals surface area contributed by atoms with Crippen LogP contribution in [-0.2, 0) is 16.0 Å². The van der Waals surface area contributed by atoms with Crippen LogP contribution in [0.5, 0.6) is 0 Å². The van der Waals surface area contributed by atoms with Crippen LogP contribution in [0.4, 0.5) is 10.5 Å². The molecule has 0 saturated carbocycles. The van der Waals surface area contributed by atoms with Gasteiger partial charge in [-0.1, -0.05) is 72.8 Å². The van der Waals surface area contributed by atoms with E-state index in [-0.39, 0.29) is 5.91 Å². The van der Waals surface area contributed by atoms with Gasteiger partial charge in [-0.2, -0.15) is 0 Å². The van der Waals surface area contributed by atoms with Crippen LogP contribution in [0.2, 0.25) is 0 Å². The Labute approximate surface area is 183 Å². The van der Waals surface area contributed by atoms with Crippen molar-refractivity contribution in [2.75, 3.05) is 5.32 Å². The highest BCUT2D eigenvalue weighted by atomic mass is 16.6. The predicted octanol–water partition coefficient (Wildman–Crippen LogP) is 5.43. The lowest BCUT2D eigenvalue weighted by molar-refractivity contribution is -0.118. The minimum Gasteiger partial charge on any atom is -0.444 e. The molecule has 31 heavy (non-hydrogen) atoms. The molecular formula is C26H28N2O3. The van der Waals surface area contributed by atoms with Crippen LogP contribution >= 0.6 is 0 Å². The van der Waals surface area contributed by atoms with Gasteiger partial charge in [0.1, 0.15) is 11.6 Å². The topological polar surface area (TPSA) is 67.4 Å². The van der Waals surface area contributed by atoms with Crippen molar-refractivity contribution in [3.8, 4) is 11.1 Å². The van der Waals surface area contributed by atoms with E-state index in [9.17, 15) is 9.59 Å². The fraction of sp³-hybridized carbons (Fsp3) is 0.231. The summed E-state index contributed by atoms with van der Waals surface area (Å²) < 4.78 is 5.34. The van der Waals surface area contributed by atoms with Gasteiger partial charge in [-0.05, 0) is 49.6 Å². The number of anilines is 1. The molecule has 0 unspecified atom stereocenters. The van der Waals surface area contributed by atoms with Crippen molar-refractivity contribution in [2.45, 2.75) is 38.8 Å². The molecule has 3 aromatic carbocycles. The minimum absolute atomic E-state index is 0.304. The van der Waals surface area contributed by atoms with E-state index in [1.54, 1.807) is 20.8 Å². The summed E-state index contributed by atoms with van der Waals surface area (Å²) in [6.45, 7) is 5.35. The van der Waals surface area contributed by atoms with Crippen molar-refractivity contribution < 1.29 is 14.3 Å². The molecule has 5 heteroatoms. The first-order chi connectivity index (χ1) is 14.8. The molecule has 0 aliphatic rings. The maximum absolute atomic E-state index is 13.0. The van der Waals surface area contributed by atoms with E-state index < -0.39 is 17.7 Å². The van der Waals surface area contributed by atoms with E-state index in [1.165, 1.54) is 0 Å². The lowest BCUT2D eigenvalue weighted by Crippen LogP contribution is -2.47. The SMILES string of the molecule is CC(C)(C)OC(=O)N[C@@H](Cc1ccccc1)C(=O)Nc1ccc(-c2ccccc2)cc1. The molecule has 160 valence electrons. The molecule has 0 aliphatic carbocycles. The normalized spacial score (nSPS) is 12.0. The monoisotopic (exact) mass is 416 g/mol. The summed E-state index contributed by atoms with van der Waals surface area (Å²) in [7, 11) is 0. The van der Waals surface area contributed by atoms with Gasteiger partial charge in [-0.15, -0.1) is 0 Å². The average molecular weight is 417 g/mol. The predicted molar refractivity (Wildman–Crippen MR) is 124 cm³/mol. The number of alkyl carbamates (subject to hydrolysis) is 1. The third-order valence-electron chi connectivity index (χ3n) is 4.55. The van der Waals surface area contributed by atoms with E-state index in [2.05, 4.69) is 10.6 Å². The molecule has 2 N–H and O–H groups in total. The first-order valence-electron chi connectivity index (χ1n) is 10.3. The zero-order valence-corrected chi connectivity index (χ0v) is 18.1. The van der Waals surface area contributed by atoms with Crippen LogP contribution in [0.15, 0.2) is 84.9 Å². The second-order valence-corrected chi connectivity index (χ2v) is 8.32. The molecule has 0 radical (unpaired) electrons. The Kier molecular flexibility index (Phi) is 7.08. The van der Waals surface area contributed by atoms with Gasteiger partial charge < -0.3 is 15.4 Å². The van der Waals surface area contributed by atoms with Gasteiger partial charge in [0.25, 0.3) is 0 Å². The number of amides is 2. The fourth-order valence-electron chi connectivity index (χ4n) is 3.11. The van der Waals surface area contributed by atoms with Gasteiger partial charge >= 0.3 is 6.09 Å². The van der Waals surface area contributed by atoms with E-state index in [0.29, 0.717) is 12.1 Å². The Morgan fingerprint density at radius 2 is 1.35 bits per heavy atom. The van der Waals surface area contributed by atoms with Gasteiger partial charge in [-0.3, -0.25) is 4.79 Å². The summed E-state index contributed by atoms with van der Waals surface area (Å²) in [5.74, 6) is -0.304. The van der Waals surface area contributed by atoms with Crippen LogP contribution in [0.3, 0.4) is 0 Å². The molecule has 0 heterocycles. The van der Waals surface area contributed by atoms with Crippen LogP contribution < -0.4 is 10.6 Å². The highest BCUT2D eigenvalue weighted by molar-refractivity contribution is 5.97. The molecule has 0 aromatic heterocycles. The number of rotatable bonds is 6. The number of nitrogens with one attached hydrogen (secondary N) is 2. The third-order valence-corrected chi connectivity index (χ3v) is 4.55. The van der Waals surface area contributed by atoms with Crippen LogP contribution in [0.1, 0.15) is 26.3 Å². The number of carbonyl (C=O) groups excluding carboxylic acids is 2. The third kappa shape index (κ3) is 7.00. The average Bonchev–Trinajstić information content (AvgIpc) is 2.74. The number of ether oxygens (including phenoxy) is 1. The van der Waals surface area contributed by atoms with E-state index in [1.807, 2.05) is 84.9 Å². The van der Waals surface area contributed by atoms with Crippen molar-refractivity contribution in [2.24, 2.45) is 0 Å². The van der Waals surface area contributed by atoms with Crippen molar-refractivity contribution in [3.63, 3.8) is 0 Å². The zero-order valence-electron chi connectivity index (χ0n) is 18.1. The number of benzene rings is 3. The Morgan fingerprint density at radius 1 is 0.806 bits per heavy atom. The molecule has 2 amide bonds.